The highest BCUT2D eigenvalue weighted by molar-refractivity contribution is 7.22. The van der Waals surface area contributed by atoms with Gasteiger partial charge in [0.15, 0.2) is 5.13 Å². The summed E-state index contributed by atoms with van der Waals surface area (Å²) >= 11 is 1.68. The summed E-state index contributed by atoms with van der Waals surface area (Å²) in [5, 5.41) is 4.45. The summed E-state index contributed by atoms with van der Waals surface area (Å²) in [6, 6.07) is 5.99. The lowest BCUT2D eigenvalue weighted by Gasteiger charge is -2.21. The Labute approximate surface area is 116 Å². The van der Waals surface area contributed by atoms with Gasteiger partial charge in [-0.25, -0.2) is 4.98 Å². The van der Waals surface area contributed by atoms with Gasteiger partial charge in [0.2, 0.25) is 0 Å². The first kappa shape index (κ1) is 12.7. The molecule has 3 rings (SSSR count). The van der Waals surface area contributed by atoms with E-state index in [0.717, 1.165) is 53.7 Å². The van der Waals surface area contributed by atoms with Crippen LogP contribution in [0.5, 0.6) is 5.75 Å². The number of hydrogen-bond donors (Lipinski definition) is 1. The van der Waals surface area contributed by atoms with Gasteiger partial charge in [0.05, 0.1) is 17.3 Å². The van der Waals surface area contributed by atoms with Gasteiger partial charge < -0.3 is 14.8 Å². The SMILES string of the molecule is COc1ccc2nc(NCC3CCOCC3)sc2c1. The first-order valence-corrected chi connectivity index (χ1v) is 7.43. The van der Waals surface area contributed by atoms with Gasteiger partial charge in [-0.3, -0.25) is 0 Å². The summed E-state index contributed by atoms with van der Waals surface area (Å²) in [5.41, 5.74) is 1.03. The molecule has 0 atom stereocenters. The fourth-order valence-corrected chi connectivity index (χ4v) is 3.19. The van der Waals surface area contributed by atoms with Crippen LogP contribution >= 0.6 is 11.3 Å². The number of rotatable bonds is 4. The molecule has 0 spiro atoms. The van der Waals surface area contributed by atoms with Gasteiger partial charge >= 0.3 is 0 Å². The molecule has 1 fully saturated rings. The summed E-state index contributed by atoms with van der Waals surface area (Å²) in [5.74, 6) is 1.59. The van der Waals surface area contributed by atoms with E-state index in [-0.39, 0.29) is 0 Å². The zero-order valence-electron chi connectivity index (χ0n) is 11.0. The number of thiazole rings is 1. The molecular formula is C14H18N2O2S. The lowest BCUT2D eigenvalue weighted by atomic mass is 10.0. The maximum Gasteiger partial charge on any atom is 0.183 e. The second-order valence-electron chi connectivity index (χ2n) is 4.79. The molecule has 0 amide bonds. The minimum atomic E-state index is 0.704. The number of methoxy groups -OCH3 is 1. The molecule has 102 valence electrons. The van der Waals surface area contributed by atoms with E-state index in [9.17, 15) is 0 Å². The van der Waals surface area contributed by atoms with E-state index >= 15 is 0 Å². The lowest BCUT2D eigenvalue weighted by molar-refractivity contribution is 0.0699. The highest BCUT2D eigenvalue weighted by atomic mass is 32.1. The van der Waals surface area contributed by atoms with Crippen molar-refractivity contribution in [3.63, 3.8) is 0 Å². The largest absolute Gasteiger partial charge is 0.497 e. The fourth-order valence-electron chi connectivity index (χ4n) is 2.29. The van der Waals surface area contributed by atoms with Crippen LogP contribution in [-0.2, 0) is 4.74 Å². The Morgan fingerprint density at radius 2 is 2.26 bits per heavy atom. The van der Waals surface area contributed by atoms with Crippen LogP contribution in [0, 0.1) is 5.92 Å². The van der Waals surface area contributed by atoms with Crippen molar-refractivity contribution < 1.29 is 9.47 Å². The maximum atomic E-state index is 5.37. The number of hydrogen-bond acceptors (Lipinski definition) is 5. The summed E-state index contributed by atoms with van der Waals surface area (Å²) < 4.78 is 11.8. The van der Waals surface area contributed by atoms with Crippen LogP contribution in [0.1, 0.15) is 12.8 Å². The number of nitrogens with zero attached hydrogens (tertiary/aromatic N) is 1. The van der Waals surface area contributed by atoms with E-state index in [4.69, 9.17) is 9.47 Å². The molecule has 1 aliphatic rings. The van der Waals surface area contributed by atoms with Crippen molar-refractivity contribution >= 4 is 26.7 Å². The Bertz CT molecular complexity index is 549. The molecule has 1 aliphatic heterocycles. The lowest BCUT2D eigenvalue weighted by Crippen LogP contribution is -2.22. The Morgan fingerprint density at radius 1 is 1.42 bits per heavy atom. The fraction of sp³-hybridized carbons (Fsp3) is 0.500. The van der Waals surface area contributed by atoms with Gasteiger partial charge in [-0.2, -0.15) is 0 Å². The average Bonchev–Trinajstić information content (AvgIpc) is 2.88. The minimum Gasteiger partial charge on any atom is -0.497 e. The quantitative estimate of drug-likeness (QED) is 0.933. The van der Waals surface area contributed by atoms with E-state index < -0.39 is 0 Å². The smallest absolute Gasteiger partial charge is 0.183 e. The highest BCUT2D eigenvalue weighted by Gasteiger charge is 2.14. The second kappa shape index (κ2) is 5.75. The van der Waals surface area contributed by atoms with Crippen LogP contribution in [0.3, 0.4) is 0 Å². The van der Waals surface area contributed by atoms with E-state index in [1.165, 1.54) is 0 Å². The van der Waals surface area contributed by atoms with Crippen LogP contribution in [0.2, 0.25) is 0 Å². The number of aromatic nitrogens is 1. The molecule has 1 aromatic carbocycles. The molecule has 0 aliphatic carbocycles. The predicted octanol–water partition coefficient (Wildman–Crippen LogP) is 3.14. The third-order valence-corrected chi connectivity index (χ3v) is 4.45. The van der Waals surface area contributed by atoms with Crippen molar-refractivity contribution in [2.24, 2.45) is 5.92 Å². The number of fused-ring (bicyclic) bond motifs is 1. The number of ether oxygens (including phenoxy) is 2. The number of benzene rings is 1. The summed E-state index contributed by atoms with van der Waals surface area (Å²) in [6.45, 7) is 2.77. The van der Waals surface area contributed by atoms with Gasteiger partial charge in [-0.05, 0) is 37.0 Å². The van der Waals surface area contributed by atoms with E-state index in [1.54, 1.807) is 18.4 Å². The predicted molar refractivity (Wildman–Crippen MR) is 78.2 cm³/mol. The van der Waals surface area contributed by atoms with Crippen molar-refractivity contribution in [1.29, 1.82) is 0 Å². The first-order valence-electron chi connectivity index (χ1n) is 6.61. The van der Waals surface area contributed by atoms with Crippen LogP contribution in [0.25, 0.3) is 10.2 Å². The van der Waals surface area contributed by atoms with Crippen molar-refractivity contribution in [1.82, 2.24) is 4.98 Å². The monoisotopic (exact) mass is 278 g/mol. The molecule has 0 radical (unpaired) electrons. The molecular weight excluding hydrogens is 260 g/mol. The van der Waals surface area contributed by atoms with Crippen molar-refractivity contribution in [3.8, 4) is 5.75 Å². The molecule has 1 aromatic heterocycles. The minimum absolute atomic E-state index is 0.704. The Morgan fingerprint density at radius 3 is 3.05 bits per heavy atom. The van der Waals surface area contributed by atoms with Gasteiger partial charge in [-0.15, -0.1) is 0 Å². The molecule has 4 nitrogen and oxygen atoms in total. The van der Waals surface area contributed by atoms with E-state index in [1.807, 2.05) is 18.2 Å². The van der Waals surface area contributed by atoms with E-state index in [0.29, 0.717) is 5.92 Å². The third kappa shape index (κ3) is 2.98. The first-order chi connectivity index (χ1) is 9.35. The molecule has 0 unspecified atom stereocenters. The van der Waals surface area contributed by atoms with E-state index in [2.05, 4.69) is 10.3 Å². The summed E-state index contributed by atoms with van der Waals surface area (Å²) in [6.07, 6.45) is 2.29. The molecule has 1 saturated heterocycles. The standard InChI is InChI=1S/C14H18N2O2S/c1-17-11-2-3-12-13(8-11)19-14(16-12)15-9-10-4-6-18-7-5-10/h2-3,8,10H,4-7,9H2,1H3,(H,15,16). The highest BCUT2D eigenvalue weighted by Crippen LogP contribution is 2.29. The molecule has 0 saturated carbocycles. The Kier molecular flexibility index (Phi) is 3.84. The normalized spacial score (nSPS) is 16.7. The zero-order valence-corrected chi connectivity index (χ0v) is 11.8. The number of anilines is 1. The Balaban J connectivity index is 1.67. The van der Waals surface area contributed by atoms with Gasteiger partial charge in [0, 0.05) is 19.8 Å². The van der Waals surface area contributed by atoms with Crippen LogP contribution in [0.15, 0.2) is 18.2 Å². The van der Waals surface area contributed by atoms with Gasteiger partial charge in [0.25, 0.3) is 0 Å². The molecule has 2 heterocycles. The topological polar surface area (TPSA) is 43.4 Å². The second-order valence-corrected chi connectivity index (χ2v) is 5.82. The molecule has 1 N–H and O–H groups in total. The van der Waals surface area contributed by atoms with Crippen molar-refractivity contribution in [2.45, 2.75) is 12.8 Å². The van der Waals surface area contributed by atoms with Gasteiger partial charge in [0.1, 0.15) is 5.75 Å². The number of nitrogens with one attached hydrogen (secondary N) is 1. The van der Waals surface area contributed by atoms with Gasteiger partial charge in [-0.1, -0.05) is 11.3 Å². The molecule has 19 heavy (non-hydrogen) atoms. The average molecular weight is 278 g/mol. The van der Waals surface area contributed by atoms with Crippen molar-refractivity contribution in [3.05, 3.63) is 18.2 Å². The van der Waals surface area contributed by atoms with Crippen LogP contribution in [-0.4, -0.2) is 31.9 Å². The zero-order chi connectivity index (χ0) is 13.1. The van der Waals surface area contributed by atoms with Crippen LogP contribution < -0.4 is 10.1 Å². The molecule has 0 bridgehead atoms. The maximum absolute atomic E-state index is 5.37. The van der Waals surface area contributed by atoms with Crippen molar-refractivity contribution in [2.75, 3.05) is 32.2 Å². The van der Waals surface area contributed by atoms with Crippen LogP contribution in [0.4, 0.5) is 5.13 Å². The third-order valence-electron chi connectivity index (χ3n) is 3.48. The molecule has 2 aromatic rings. The molecule has 5 heteroatoms. The Hall–Kier alpha value is -1.33. The summed E-state index contributed by atoms with van der Waals surface area (Å²) in [7, 11) is 1.69. The summed E-state index contributed by atoms with van der Waals surface area (Å²) in [4.78, 5) is 4.59.